The van der Waals surface area contributed by atoms with Gasteiger partial charge in [0.15, 0.2) is 22.5 Å². The molecule has 0 saturated heterocycles. The first kappa shape index (κ1) is 24.8. The van der Waals surface area contributed by atoms with Crippen molar-refractivity contribution >= 4 is 23.9 Å². The third-order valence-electron chi connectivity index (χ3n) is 5.01. The van der Waals surface area contributed by atoms with Crippen molar-refractivity contribution in [2.45, 2.75) is 12.1 Å². The number of phenolic OH excluding ortho intramolecular Hbond substituents is 1. The van der Waals surface area contributed by atoms with Gasteiger partial charge in [0.05, 0.1) is 25.7 Å². The molecule has 10 heteroatoms. The van der Waals surface area contributed by atoms with E-state index >= 15 is 0 Å². The maximum Gasteiger partial charge on any atom is 0.250 e. The van der Waals surface area contributed by atoms with Gasteiger partial charge in [-0.05, 0) is 55.0 Å². The number of methoxy groups -OCH3 is 1. The molecule has 1 amide bonds. The first-order chi connectivity index (χ1) is 17.6. The first-order valence-electron chi connectivity index (χ1n) is 11.1. The molecule has 0 radical (unpaired) electrons. The molecule has 0 unspecified atom stereocenters. The van der Waals surface area contributed by atoms with Crippen LogP contribution in [0.2, 0.25) is 0 Å². The van der Waals surface area contributed by atoms with Crippen molar-refractivity contribution in [3.63, 3.8) is 0 Å². The number of carbonyl (C=O) groups excluding carboxylic acids is 1. The van der Waals surface area contributed by atoms with Crippen molar-refractivity contribution < 1.29 is 19.4 Å². The van der Waals surface area contributed by atoms with Gasteiger partial charge in [0.25, 0.3) is 5.91 Å². The highest BCUT2D eigenvalue weighted by atomic mass is 32.2. The molecule has 0 bridgehead atoms. The molecule has 36 heavy (non-hydrogen) atoms. The highest BCUT2D eigenvalue weighted by Gasteiger charge is 2.17. The number of benzene rings is 3. The summed E-state index contributed by atoms with van der Waals surface area (Å²) in [4.78, 5) is 12.4. The van der Waals surface area contributed by atoms with E-state index in [0.717, 1.165) is 17.0 Å². The van der Waals surface area contributed by atoms with Crippen LogP contribution >= 0.6 is 11.8 Å². The van der Waals surface area contributed by atoms with Gasteiger partial charge < -0.3 is 14.6 Å². The molecule has 0 aliphatic heterocycles. The average Bonchev–Trinajstić information content (AvgIpc) is 3.33. The molecule has 0 aliphatic carbocycles. The topological polar surface area (TPSA) is 111 Å². The van der Waals surface area contributed by atoms with Crippen molar-refractivity contribution in [1.82, 2.24) is 20.2 Å². The lowest BCUT2D eigenvalue weighted by Crippen LogP contribution is -2.20. The van der Waals surface area contributed by atoms with Crippen LogP contribution < -0.4 is 14.9 Å². The molecule has 184 valence electrons. The van der Waals surface area contributed by atoms with Gasteiger partial charge in [-0.3, -0.25) is 9.36 Å². The molecule has 1 heterocycles. The van der Waals surface area contributed by atoms with Crippen LogP contribution in [0.25, 0.3) is 17.1 Å². The Morgan fingerprint density at radius 3 is 2.61 bits per heavy atom. The molecule has 1 aromatic heterocycles. The molecule has 0 atom stereocenters. The number of carbonyl (C=O) groups is 1. The van der Waals surface area contributed by atoms with E-state index in [4.69, 9.17) is 9.47 Å². The molecular formula is C26H25N5O4S. The average molecular weight is 504 g/mol. The summed E-state index contributed by atoms with van der Waals surface area (Å²) in [5.41, 5.74) is 4.93. The predicted molar refractivity (Wildman–Crippen MR) is 139 cm³/mol. The van der Waals surface area contributed by atoms with Gasteiger partial charge in [0, 0.05) is 11.3 Å². The Morgan fingerprint density at radius 2 is 1.89 bits per heavy atom. The summed E-state index contributed by atoms with van der Waals surface area (Å²) in [6.45, 7) is 2.52. The minimum absolute atomic E-state index is 0.0293. The first-order valence-corrected chi connectivity index (χ1v) is 12.1. The number of ether oxygens (including phenoxy) is 2. The number of aromatic nitrogens is 3. The Morgan fingerprint density at radius 1 is 1.11 bits per heavy atom. The van der Waals surface area contributed by atoms with Crippen molar-refractivity contribution in [3.05, 3.63) is 78.4 Å². The second kappa shape index (κ2) is 11.9. The molecule has 9 nitrogen and oxygen atoms in total. The van der Waals surface area contributed by atoms with Crippen molar-refractivity contribution in [2.24, 2.45) is 5.10 Å². The summed E-state index contributed by atoms with van der Waals surface area (Å²) in [5.74, 6) is 1.57. The summed E-state index contributed by atoms with van der Waals surface area (Å²) in [6.07, 6.45) is 1.47. The zero-order valence-corrected chi connectivity index (χ0v) is 20.6. The summed E-state index contributed by atoms with van der Waals surface area (Å²) >= 11 is 1.25. The van der Waals surface area contributed by atoms with E-state index in [9.17, 15) is 9.90 Å². The fourth-order valence-electron chi connectivity index (χ4n) is 3.34. The van der Waals surface area contributed by atoms with Gasteiger partial charge in [-0.1, -0.05) is 42.1 Å². The smallest absolute Gasteiger partial charge is 0.250 e. The Kier molecular flexibility index (Phi) is 8.20. The fraction of sp³-hybridized carbons (Fsp3) is 0.154. The van der Waals surface area contributed by atoms with Gasteiger partial charge in [0.2, 0.25) is 0 Å². The molecule has 0 spiro atoms. The van der Waals surface area contributed by atoms with E-state index in [-0.39, 0.29) is 17.4 Å². The Hall–Kier alpha value is -4.31. The number of hydrazone groups is 1. The number of rotatable bonds is 10. The molecule has 0 saturated carbocycles. The predicted octanol–water partition coefficient (Wildman–Crippen LogP) is 4.29. The Bertz CT molecular complexity index is 1340. The van der Waals surface area contributed by atoms with E-state index in [0.29, 0.717) is 28.9 Å². The SMILES string of the molecule is CCOc1ccc(-n2c(SCC(=O)N/N=C/c3ccc(O)c(OC)c3)nnc2-c2ccccc2)cc1. The number of aromatic hydroxyl groups is 1. The van der Waals surface area contributed by atoms with Crippen LogP contribution in [0.3, 0.4) is 0 Å². The fourth-order valence-corrected chi connectivity index (χ4v) is 4.09. The summed E-state index contributed by atoms with van der Waals surface area (Å²) in [7, 11) is 1.46. The van der Waals surface area contributed by atoms with Crippen LogP contribution in [0.15, 0.2) is 83.1 Å². The van der Waals surface area contributed by atoms with E-state index in [1.165, 1.54) is 31.2 Å². The number of nitrogens with zero attached hydrogens (tertiary/aromatic N) is 4. The van der Waals surface area contributed by atoms with E-state index in [2.05, 4.69) is 20.7 Å². The van der Waals surface area contributed by atoms with Gasteiger partial charge in [-0.15, -0.1) is 10.2 Å². The number of phenols is 1. The monoisotopic (exact) mass is 503 g/mol. The highest BCUT2D eigenvalue weighted by Crippen LogP contribution is 2.29. The zero-order chi connectivity index (χ0) is 25.3. The molecule has 0 aliphatic rings. The molecule has 0 fully saturated rings. The Labute approximate surface area is 212 Å². The molecule has 3 aromatic carbocycles. The van der Waals surface area contributed by atoms with Gasteiger partial charge in [-0.25, -0.2) is 5.43 Å². The standard InChI is InChI=1S/C26H25N5O4S/c1-3-35-21-12-10-20(11-13-21)31-25(19-7-5-4-6-8-19)29-30-26(31)36-17-24(33)28-27-16-18-9-14-22(32)23(15-18)34-2/h4-16,32H,3,17H2,1-2H3,(H,28,33)/b27-16+. The second-order valence-corrected chi connectivity index (χ2v) is 8.39. The Balaban J connectivity index is 1.49. The van der Waals surface area contributed by atoms with Crippen LogP contribution in [0.5, 0.6) is 17.2 Å². The van der Waals surface area contributed by atoms with Crippen molar-refractivity contribution in [2.75, 3.05) is 19.5 Å². The largest absolute Gasteiger partial charge is 0.504 e. The normalized spacial score (nSPS) is 10.9. The minimum atomic E-state index is -0.301. The van der Waals surface area contributed by atoms with Crippen LogP contribution in [0.1, 0.15) is 12.5 Å². The number of amides is 1. The quantitative estimate of drug-likeness (QED) is 0.189. The maximum absolute atomic E-state index is 12.4. The highest BCUT2D eigenvalue weighted by molar-refractivity contribution is 7.99. The van der Waals surface area contributed by atoms with Gasteiger partial charge in [-0.2, -0.15) is 5.10 Å². The van der Waals surface area contributed by atoms with Crippen LogP contribution in [-0.4, -0.2) is 51.5 Å². The lowest BCUT2D eigenvalue weighted by molar-refractivity contribution is -0.118. The van der Waals surface area contributed by atoms with Crippen LogP contribution in [-0.2, 0) is 4.79 Å². The summed E-state index contributed by atoms with van der Waals surface area (Å²) < 4.78 is 12.5. The van der Waals surface area contributed by atoms with E-state index in [1.54, 1.807) is 12.1 Å². The zero-order valence-electron chi connectivity index (χ0n) is 19.8. The number of thioether (sulfide) groups is 1. The van der Waals surface area contributed by atoms with E-state index in [1.807, 2.05) is 66.1 Å². The molecular weight excluding hydrogens is 478 g/mol. The summed E-state index contributed by atoms with van der Waals surface area (Å²) in [6, 6.07) is 22.2. The lowest BCUT2D eigenvalue weighted by atomic mass is 10.2. The van der Waals surface area contributed by atoms with Gasteiger partial charge in [0.1, 0.15) is 5.75 Å². The van der Waals surface area contributed by atoms with E-state index < -0.39 is 0 Å². The van der Waals surface area contributed by atoms with Crippen molar-refractivity contribution in [1.29, 1.82) is 0 Å². The minimum Gasteiger partial charge on any atom is -0.504 e. The number of hydrogen-bond donors (Lipinski definition) is 2. The molecule has 2 N–H and O–H groups in total. The lowest BCUT2D eigenvalue weighted by Gasteiger charge is -2.11. The number of nitrogens with one attached hydrogen (secondary N) is 1. The third-order valence-corrected chi connectivity index (χ3v) is 5.94. The molecule has 4 aromatic rings. The second-order valence-electron chi connectivity index (χ2n) is 7.45. The maximum atomic E-state index is 12.4. The van der Waals surface area contributed by atoms with Crippen LogP contribution in [0, 0.1) is 0 Å². The van der Waals surface area contributed by atoms with Gasteiger partial charge >= 0.3 is 0 Å². The van der Waals surface area contributed by atoms with Crippen molar-refractivity contribution in [3.8, 4) is 34.3 Å². The number of hydrogen-bond acceptors (Lipinski definition) is 8. The summed E-state index contributed by atoms with van der Waals surface area (Å²) in [5, 5.41) is 23.0. The van der Waals surface area contributed by atoms with Crippen LogP contribution in [0.4, 0.5) is 0 Å². The molecule has 4 rings (SSSR count). The third kappa shape index (κ3) is 6.02.